The maximum absolute atomic E-state index is 12.7. The first kappa shape index (κ1) is 26.5. The summed E-state index contributed by atoms with van der Waals surface area (Å²) in [6.45, 7) is 8.09. The number of carbonyl (C=O) groups is 1. The van der Waals surface area contributed by atoms with Gasteiger partial charge in [-0.05, 0) is 93.1 Å². The van der Waals surface area contributed by atoms with E-state index < -0.39 is 0 Å². The van der Waals surface area contributed by atoms with Crippen molar-refractivity contribution in [1.29, 1.82) is 0 Å². The van der Waals surface area contributed by atoms with Gasteiger partial charge >= 0.3 is 0 Å². The number of aromatic nitrogens is 3. The summed E-state index contributed by atoms with van der Waals surface area (Å²) in [6.07, 6.45) is 3.02. The standard InChI is InChI=1S/C30H27Cl2N5O2/c1-4-36(5-2)20-9-11-21(12-10-20)37-34-26-17-19(3)25(18-27(26)35-37)33-29(38)16-14-22-13-15-28(39-22)23-7-6-8-24(31)30(23)32/h6-18H,4-5H2,1-3H3,(H,33,38). The van der Waals surface area contributed by atoms with Gasteiger partial charge < -0.3 is 14.6 Å². The van der Waals surface area contributed by atoms with Crippen LogP contribution >= 0.6 is 23.2 Å². The molecule has 9 heteroatoms. The summed E-state index contributed by atoms with van der Waals surface area (Å²) in [6, 6.07) is 20.8. The number of benzene rings is 3. The summed E-state index contributed by atoms with van der Waals surface area (Å²) in [5.74, 6) is 0.781. The number of nitrogens with one attached hydrogen (secondary N) is 1. The molecule has 0 atom stereocenters. The van der Waals surface area contributed by atoms with Crippen molar-refractivity contribution in [2.75, 3.05) is 23.3 Å². The molecule has 7 nitrogen and oxygen atoms in total. The van der Waals surface area contributed by atoms with E-state index in [-0.39, 0.29) is 5.91 Å². The molecular weight excluding hydrogens is 533 g/mol. The van der Waals surface area contributed by atoms with E-state index in [9.17, 15) is 4.79 Å². The molecule has 1 N–H and O–H groups in total. The number of aryl methyl sites for hydroxylation is 1. The molecule has 0 unspecified atom stereocenters. The average molecular weight is 560 g/mol. The van der Waals surface area contributed by atoms with Gasteiger partial charge in [0.15, 0.2) is 0 Å². The Morgan fingerprint density at radius 3 is 2.44 bits per heavy atom. The fourth-order valence-corrected chi connectivity index (χ4v) is 4.71. The van der Waals surface area contributed by atoms with Gasteiger partial charge in [-0.2, -0.15) is 4.80 Å². The van der Waals surface area contributed by atoms with Crippen LogP contribution in [0.1, 0.15) is 25.2 Å². The number of hydrogen-bond donors (Lipinski definition) is 1. The third-order valence-electron chi connectivity index (χ3n) is 6.44. The molecule has 0 aliphatic carbocycles. The van der Waals surface area contributed by atoms with Gasteiger partial charge in [0.2, 0.25) is 5.91 Å². The first-order valence-corrected chi connectivity index (χ1v) is 13.4. The number of hydrogen-bond acceptors (Lipinski definition) is 5. The summed E-state index contributed by atoms with van der Waals surface area (Å²) >= 11 is 12.4. The highest BCUT2D eigenvalue weighted by Gasteiger charge is 2.12. The average Bonchev–Trinajstić information content (AvgIpc) is 3.57. The van der Waals surface area contributed by atoms with E-state index in [0.29, 0.717) is 38.3 Å². The third kappa shape index (κ3) is 5.70. The van der Waals surface area contributed by atoms with Gasteiger partial charge in [-0.25, -0.2) is 0 Å². The van der Waals surface area contributed by atoms with Gasteiger partial charge in [0, 0.05) is 36.1 Å². The molecule has 0 saturated carbocycles. The number of nitrogens with zero attached hydrogens (tertiary/aromatic N) is 4. The Hall–Kier alpha value is -4.07. The largest absolute Gasteiger partial charge is 0.457 e. The second-order valence-electron chi connectivity index (χ2n) is 8.96. The molecule has 39 heavy (non-hydrogen) atoms. The maximum atomic E-state index is 12.7. The maximum Gasteiger partial charge on any atom is 0.248 e. The molecule has 0 fully saturated rings. The molecule has 2 heterocycles. The number of furan rings is 1. The van der Waals surface area contributed by atoms with Crippen LogP contribution in [0, 0.1) is 6.92 Å². The van der Waals surface area contributed by atoms with Crippen LogP contribution in [-0.4, -0.2) is 34.0 Å². The van der Waals surface area contributed by atoms with Crippen LogP contribution in [0.25, 0.3) is 34.1 Å². The molecule has 198 valence electrons. The highest BCUT2D eigenvalue weighted by molar-refractivity contribution is 6.43. The topological polar surface area (TPSA) is 76.2 Å². The lowest BCUT2D eigenvalue weighted by molar-refractivity contribution is -0.111. The van der Waals surface area contributed by atoms with Crippen molar-refractivity contribution in [3.63, 3.8) is 0 Å². The van der Waals surface area contributed by atoms with Crippen molar-refractivity contribution in [2.45, 2.75) is 20.8 Å². The number of carbonyl (C=O) groups excluding carboxylic acids is 1. The Kier molecular flexibility index (Phi) is 7.72. The van der Waals surface area contributed by atoms with Crippen molar-refractivity contribution in [3.05, 3.63) is 94.2 Å². The third-order valence-corrected chi connectivity index (χ3v) is 7.26. The van der Waals surface area contributed by atoms with Crippen LogP contribution in [0.2, 0.25) is 10.0 Å². The molecule has 5 rings (SSSR count). The summed E-state index contributed by atoms with van der Waals surface area (Å²) in [5.41, 5.74) is 5.68. The minimum atomic E-state index is -0.296. The van der Waals surface area contributed by atoms with Gasteiger partial charge in [0.1, 0.15) is 22.6 Å². The SMILES string of the molecule is CCN(CC)c1ccc(-n2nc3cc(C)c(NC(=O)C=Cc4ccc(-c5cccc(Cl)c5Cl)o4)cc3n2)cc1. The lowest BCUT2D eigenvalue weighted by Crippen LogP contribution is -2.21. The van der Waals surface area contributed by atoms with Crippen molar-refractivity contribution < 1.29 is 9.21 Å². The molecule has 0 aliphatic heterocycles. The minimum Gasteiger partial charge on any atom is -0.457 e. The van der Waals surface area contributed by atoms with Crippen LogP contribution in [-0.2, 0) is 4.79 Å². The van der Waals surface area contributed by atoms with E-state index in [1.807, 2.05) is 37.3 Å². The molecule has 0 bridgehead atoms. The summed E-state index contributed by atoms with van der Waals surface area (Å²) in [7, 11) is 0. The van der Waals surface area contributed by atoms with Crippen molar-refractivity contribution in [3.8, 4) is 17.0 Å². The summed E-state index contributed by atoms with van der Waals surface area (Å²) in [5, 5.41) is 13.0. The van der Waals surface area contributed by atoms with E-state index >= 15 is 0 Å². The van der Waals surface area contributed by atoms with Gasteiger partial charge in [-0.1, -0.05) is 29.3 Å². The van der Waals surface area contributed by atoms with E-state index in [2.05, 4.69) is 46.4 Å². The minimum absolute atomic E-state index is 0.296. The quantitative estimate of drug-likeness (QED) is 0.196. The Labute approximate surface area is 236 Å². The fourth-order valence-electron chi connectivity index (χ4n) is 4.32. The first-order valence-electron chi connectivity index (χ1n) is 12.6. The summed E-state index contributed by atoms with van der Waals surface area (Å²) in [4.78, 5) is 16.6. The first-order chi connectivity index (χ1) is 18.9. The lowest BCUT2D eigenvalue weighted by atomic mass is 10.1. The number of anilines is 2. The normalized spacial score (nSPS) is 11.4. The zero-order chi connectivity index (χ0) is 27.5. The predicted molar refractivity (Wildman–Crippen MR) is 159 cm³/mol. The van der Waals surface area contributed by atoms with E-state index in [1.54, 1.807) is 35.1 Å². The zero-order valence-corrected chi connectivity index (χ0v) is 23.3. The smallest absolute Gasteiger partial charge is 0.248 e. The van der Waals surface area contributed by atoms with Gasteiger partial charge in [-0.15, -0.1) is 10.2 Å². The molecule has 0 saturated heterocycles. The highest BCUT2D eigenvalue weighted by Crippen LogP contribution is 2.34. The second-order valence-corrected chi connectivity index (χ2v) is 9.75. The number of rotatable bonds is 8. The number of fused-ring (bicyclic) bond motifs is 1. The van der Waals surface area contributed by atoms with E-state index in [0.717, 1.165) is 35.5 Å². The monoisotopic (exact) mass is 559 g/mol. The molecular formula is C30H27Cl2N5O2. The van der Waals surface area contributed by atoms with Crippen molar-refractivity contribution in [2.24, 2.45) is 0 Å². The van der Waals surface area contributed by atoms with Crippen molar-refractivity contribution >= 4 is 57.6 Å². The Morgan fingerprint density at radius 1 is 1.00 bits per heavy atom. The van der Waals surface area contributed by atoms with Gasteiger partial charge in [0.05, 0.1) is 15.7 Å². The Bertz CT molecular complexity index is 1670. The predicted octanol–water partition coefficient (Wildman–Crippen LogP) is 7.79. The highest BCUT2D eigenvalue weighted by atomic mass is 35.5. The van der Waals surface area contributed by atoms with Crippen molar-refractivity contribution in [1.82, 2.24) is 15.0 Å². The fraction of sp³-hybridized carbons (Fsp3) is 0.167. The molecule has 0 spiro atoms. The molecule has 5 aromatic rings. The molecule has 2 aromatic heterocycles. The van der Waals surface area contributed by atoms with Crippen LogP contribution in [0.3, 0.4) is 0 Å². The second kappa shape index (κ2) is 11.4. The van der Waals surface area contributed by atoms with Gasteiger partial charge in [0.25, 0.3) is 0 Å². The van der Waals surface area contributed by atoms with E-state index in [1.165, 1.54) is 6.08 Å². The molecule has 1 amide bonds. The molecule has 3 aromatic carbocycles. The number of halogens is 2. The number of amides is 1. The summed E-state index contributed by atoms with van der Waals surface area (Å²) < 4.78 is 5.83. The van der Waals surface area contributed by atoms with Gasteiger partial charge in [-0.3, -0.25) is 4.79 Å². The van der Waals surface area contributed by atoms with Crippen LogP contribution in [0.4, 0.5) is 11.4 Å². The Balaban J connectivity index is 1.30. The Morgan fingerprint density at radius 2 is 1.72 bits per heavy atom. The lowest BCUT2D eigenvalue weighted by Gasteiger charge is -2.20. The van der Waals surface area contributed by atoms with E-state index in [4.69, 9.17) is 27.6 Å². The molecule has 0 radical (unpaired) electrons. The van der Waals surface area contributed by atoms with Crippen LogP contribution in [0.15, 0.2) is 77.2 Å². The van der Waals surface area contributed by atoms with Crippen LogP contribution < -0.4 is 10.2 Å². The molecule has 0 aliphatic rings. The zero-order valence-electron chi connectivity index (χ0n) is 21.8. The van der Waals surface area contributed by atoms with Crippen LogP contribution in [0.5, 0.6) is 0 Å².